The van der Waals surface area contributed by atoms with E-state index in [1.165, 1.54) is 10.9 Å². The lowest BCUT2D eigenvalue weighted by atomic mass is 9.99. The average Bonchev–Trinajstić information content (AvgIpc) is 2.71. The van der Waals surface area contributed by atoms with Crippen LogP contribution in [0.15, 0.2) is 6.20 Å². The van der Waals surface area contributed by atoms with Gasteiger partial charge in [-0.3, -0.25) is 9.48 Å². The van der Waals surface area contributed by atoms with Crippen molar-refractivity contribution in [3.8, 4) is 0 Å². The zero-order valence-electron chi connectivity index (χ0n) is 10.6. The number of carbonyl (C=O) groups is 2. The highest BCUT2D eigenvalue weighted by Gasteiger charge is 2.27. The number of likely N-dealkylation sites (tertiary alicyclic amines) is 1. The Labute approximate surface area is 105 Å². The van der Waals surface area contributed by atoms with Crippen molar-refractivity contribution in [1.29, 1.82) is 0 Å². The molecule has 0 spiro atoms. The fraction of sp³-hybridized carbons (Fsp3) is 0.583. The van der Waals surface area contributed by atoms with Gasteiger partial charge in [0.05, 0.1) is 0 Å². The number of aromatic carboxylic acids is 1. The zero-order valence-corrected chi connectivity index (χ0v) is 10.6. The molecule has 0 aliphatic carbocycles. The van der Waals surface area contributed by atoms with Gasteiger partial charge in [-0.15, -0.1) is 0 Å². The fourth-order valence-electron chi connectivity index (χ4n) is 2.16. The van der Waals surface area contributed by atoms with E-state index in [0.717, 1.165) is 12.8 Å². The molecule has 1 N–H and O–H groups in total. The topological polar surface area (TPSA) is 75.4 Å². The Hall–Kier alpha value is -1.85. The molecule has 0 aromatic carbocycles. The van der Waals surface area contributed by atoms with Crippen LogP contribution in [0, 0.1) is 5.92 Å². The highest BCUT2D eigenvalue weighted by molar-refractivity contribution is 6.03. The van der Waals surface area contributed by atoms with E-state index in [-0.39, 0.29) is 17.2 Å². The molecule has 1 amide bonds. The van der Waals surface area contributed by atoms with Crippen molar-refractivity contribution < 1.29 is 14.7 Å². The molecular weight excluding hydrogens is 234 g/mol. The van der Waals surface area contributed by atoms with Crippen LogP contribution in [0.4, 0.5) is 0 Å². The number of carboxylic acids is 1. The molecule has 0 unspecified atom stereocenters. The third-order valence-corrected chi connectivity index (χ3v) is 3.33. The number of carboxylic acid groups (broad SMARTS) is 1. The molecule has 6 nitrogen and oxygen atoms in total. The normalized spacial score (nSPS) is 16.9. The van der Waals surface area contributed by atoms with Crippen molar-refractivity contribution in [3.05, 3.63) is 17.5 Å². The van der Waals surface area contributed by atoms with E-state index in [9.17, 15) is 9.59 Å². The van der Waals surface area contributed by atoms with Crippen molar-refractivity contribution in [3.63, 3.8) is 0 Å². The Bertz CT molecular complexity index is 473. The maximum Gasteiger partial charge on any atom is 0.339 e. The van der Waals surface area contributed by atoms with Gasteiger partial charge in [0.15, 0.2) is 5.69 Å². The molecule has 1 aliphatic heterocycles. The molecule has 0 saturated carbocycles. The molecule has 6 heteroatoms. The van der Waals surface area contributed by atoms with Gasteiger partial charge in [0.25, 0.3) is 5.91 Å². The van der Waals surface area contributed by atoms with E-state index in [4.69, 9.17) is 5.11 Å². The van der Waals surface area contributed by atoms with Crippen LogP contribution in [0.5, 0.6) is 0 Å². The number of nitrogens with zero attached hydrogens (tertiary/aromatic N) is 3. The third kappa shape index (κ3) is 2.37. The minimum absolute atomic E-state index is 0.0267. The first-order valence-corrected chi connectivity index (χ1v) is 6.05. The summed E-state index contributed by atoms with van der Waals surface area (Å²) in [5.41, 5.74) is 0.0145. The average molecular weight is 251 g/mol. The van der Waals surface area contributed by atoms with E-state index in [0.29, 0.717) is 19.0 Å². The number of carbonyl (C=O) groups excluding carboxylic acids is 1. The Morgan fingerprint density at radius 2 is 2.00 bits per heavy atom. The number of piperidine rings is 1. The van der Waals surface area contributed by atoms with E-state index in [1.54, 1.807) is 11.9 Å². The Morgan fingerprint density at radius 3 is 2.56 bits per heavy atom. The van der Waals surface area contributed by atoms with Crippen LogP contribution in [0.3, 0.4) is 0 Å². The van der Waals surface area contributed by atoms with Crippen LogP contribution in [0.25, 0.3) is 0 Å². The maximum atomic E-state index is 12.2. The summed E-state index contributed by atoms with van der Waals surface area (Å²) in [6.07, 6.45) is 3.28. The molecule has 98 valence electrons. The molecule has 2 heterocycles. The molecule has 1 aromatic heterocycles. The molecule has 1 aromatic rings. The highest BCUT2D eigenvalue weighted by Crippen LogP contribution is 2.19. The van der Waals surface area contributed by atoms with Gasteiger partial charge in [0.2, 0.25) is 0 Å². The second-order valence-electron chi connectivity index (χ2n) is 4.84. The first-order chi connectivity index (χ1) is 8.49. The number of amides is 1. The largest absolute Gasteiger partial charge is 0.478 e. The summed E-state index contributed by atoms with van der Waals surface area (Å²) in [5, 5.41) is 13.0. The summed E-state index contributed by atoms with van der Waals surface area (Å²) in [6, 6.07) is 0. The van der Waals surface area contributed by atoms with Gasteiger partial charge in [0, 0.05) is 26.3 Å². The number of hydrogen-bond acceptors (Lipinski definition) is 3. The lowest BCUT2D eigenvalue weighted by Gasteiger charge is -2.29. The van der Waals surface area contributed by atoms with Crippen molar-refractivity contribution in [2.45, 2.75) is 19.8 Å². The van der Waals surface area contributed by atoms with Gasteiger partial charge in [-0.1, -0.05) is 6.92 Å². The van der Waals surface area contributed by atoms with Crippen LogP contribution in [0.2, 0.25) is 0 Å². The number of hydrogen-bond donors (Lipinski definition) is 1. The van der Waals surface area contributed by atoms with Crippen molar-refractivity contribution >= 4 is 11.9 Å². The van der Waals surface area contributed by atoms with Crippen LogP contribution >= 0.6 is 0 Å². The summed E-state index contributed by atoms with van der Waals surface area (Å²) in [6.45, 7) is 3.51. The number of rotatable bonds is 2. The van der Waals surface area contributed by atoms with Gasteiger partial charge in [0.1, 0.15) is 5.56 Å². The second kappa shape index (κ2) is 4.80. The van der Waals surface area contributed by atoms with Crippen LogP contribution < -0.4 is 0 Å². The zero-order chi connectivity index (χ0) is 13.3. The predicted molar refractivity (Wildman–Crippen MR) is 64.5 cm³/mol. The SMILES string of the molecule is CC1CCN(C(=O)c2nn(C)cc2C(=O)O)CC1. The molecule has 1 saturated heterocycles. The Balaban J connectivity index is 2.21. The predicted octanol–water partition coefficient (Wildman–Crippen LogP) is 0.990. The Morgan fingerprint density at radius 1 is 1.39 bits per heavy atom. The Kier molecular flexibility index (Phi) is 3.36. The van der Waals surface area contributed by atoms with Crippen molar-refractivity contribution in [2.24, 2.45) is 13.0 Å². The van der Waals surface area contributed by atoms with E-state index >= 15 is 0 Å². The monoisotopic (exact) mass is 251 g/mol. The molecular formula is C12H17N3O3. The molecule has 1 aliphatic rings. The van der Waals surface area contributed by atoms with Crippen molar-refractivity contribution in [1.82, 2.24) is 14.7 Å². The van der Waals surface area contributed by atoms with Crippen LogP contribution in [-0.2, 0) is 7.05 Å². The third-order valence-electron chi connectivity index (χ3n) is 3.33. The lowest BCUT2D eigenvalue weighted by molar-refractivity contribution is 0.0651. The molecule has 1 fully saturated rings. The summed E-state index contributed by atoms with van der Waals surface area (Å²) in [7, 11) is 1.61. The number of aromatic nitrogens is 2. The van der Waals surface area contributed by atoms with Gasteiger partial charge in [-0.2, -0.15) is 5.10 Å². The highest BCUT2D eigenvalue weighted by atomic mass is 16.4. The van der Waals surface area contributed by atoms with Crippen LogP contribution in [0.1, 0.15) is 40.6 Å². The van der Waals surface area contributed by atoms with Gasteiger partial charge in [-0.05, 0) is 18.8 Å². The fourth-order valence-corrected chi connectivity index (χ4v) is 2.16. The van der Waals surface area contributed by atoms with Gasteiger partial charge in [-0.25, -0.2) is 4.79 Å². The summed E-state index contributed by atoms with van der Waals surface area (Å²) in [5.74, 6) is -0.770. The first-order valence-electron chi connectivity index (χ1n) is 6.05. The molecule has 0 bridgehead atoms. The maximum absolute atomic E-state index is 12.2. The molecule has 0 atom stereocenters. The molecule has 0 radical (unpaired) electrons. The van der Waals surface area contributed by atoms with Crippen LogP contribution in [-0.4, -0.2) is 44.8 Å². The minimum atomic E-state index is -1.11. The van der Waals surface area contributed by atoms with E-state index in [1.807, 2.05) is 0 Å². The molecule has 2 rings (SSSR count). The second-order valence-corrected chi connectivity index (χ2v) is 4.84. The summed E-state index contributed by atoms with van der Waals surface area (Å²) >= 11 is 0. The summed E-state index contributed by atoms with van der Waals surface area (Å²) < 4.78 is 1.36. The first kappa shape index (κ1) is 12.6. The quantitative estimate of drug-likeness (QED) is 0.850. The van der Waals surface area contributed by atoms with Gasteiger partial charge >= 0.3 is 5.97 Å². The summed E-state index contributed by atoms with van der Waals surface area (Å²) in [4.78, 5) is 25.0. The van der Waals surface area contributed by atoms with Gasteiger partial charge < -0.3 is 10.0 Å². The smallest absolute Gasteiger partial charge is 0.339 e. The van der Waals surface area contributed by atoms with E-state index < -0.39 is 5.97 Å². The molecule has 18 heavy (non-hydrogen) atoms. The van der Waals surface area contributed by atoms with E-state index in [2.05, 4.69) is 12.0 Å². The minimum Gasteiger partial charge on any atom is -0.478 e. The number of aryl methyl sites for hydroxylation is 1. The standard InChI is InChI=1S/C12H17N3O3/c1-8-3-5-15(6-4-8)11(16)10-9(12(17)18)7-14(2)13-10/h7-8H,3-6H2,1-2H3,(H,17,18). The van der Waals surface area contributed by atoms with Crippen molar-refractivity contribution in [2.75, 3.05) is 13.1 Å². The lowest BCUT2D eigenvalue weighted by Crippen LogP contribution is -2.38.